The highest BCUT2D eigenvalue weighted by atomic mass is 79.9. The minimum Gasteiger partial charge on any atom is -0.272 e. The molecule has 0 saturated heterocycles. The van der Waals surface area contributed by atoms with E-state index in [1.54, 1.807) is 0 Å². The normalized spacial score (nSPS) is 7.00. The standard InChI is InChI=1S/C4H2BrN3O/c5-1-4(9)8(2-6)3-7/h1H2. The minimum atomic E-state index is -0.556. The predicted molar refractivity (Wildman–Crippen MR) is 31.9 cm³/mol. The van der Waals surface area contributed by atoms with Crippen molar-refractivity contribution >= 4 is 21.8 Å². The molecule has 9 heavy (non-hydrogen) atoms. The number of nitrogens with zero attached hydrogens (tertiary/aromatic N) is 3. The van der Waals surface area contributed by atoms with E-state index in [1.165, 1.54) is 12.4 Å². The molecule has 5 heteroatoms. The van der Waals surface area contributed by atoms with Crippen LogP contribution in [0.1, 0.15) is 0 Å². The highest BCUT2D eigenvalue weighted by molar-refractivity contribution is 9.09. The van der Waals surface area contributed by atoms with E-state index in [2.05, 4.69) is 15.9 Å². The van der Waals surface area contributed by atoms with Crippen molar-refractivity contribution in [2.75, 3.05) is 5.33 Å². The molecule has 4 nitrogen and oxygen atoms in total. The molecule has 0 aliphatic heterocycles. The van der Waals surface area contributed by atoms with Crippen LogP contribution in [0.5, 0.6) is 0 Å². The first-order valence-corrected chi connectivity index (χ1v) is 3.06. The summed E-state index contributed by atoms with van der Waals surface area (Å²) in [7, 11) is 0. The van der Waals surface area contributed by atoms with E-state index in [0.717, 1.165) is 0 Å². The first-order valence-electron chi connectivity index (χ1n) is 1.94. The Morgan fingerprint density at radius 2 is 2.00 bits per heavy atom. The van der Waals surface area contributed by atoms with Crippen LogP contribution in [0, 0.1) is 22.9 Å². The van der Waals surface area contributed by atoms with E-state index >= 15 is 0 Å². The quantitative estimate of drug-likeness (QED) is 0.334. The maximum Gasteiger partial charge on any atom is 0.259 e. The lowest BCUT2D eigenvalue weighted by Crippen LogP contribution is -2.21. The smallest absolute Gasteiger partial charge is 0.259 e. The molecule has 0 bridgehead atoms. The van der Waals surface area contributed by atoms with Gasteiger partial charge in [-0.25, -0.2) is 0 Å². The first-order chi connectivity index (χ1) is 4.26. The molecule has 0 atom stereocenters. The molecule has 0 heterocycles. The second-order valence-electron chi connectivity index (χ2n) is 1.06. The van der Waals surface area contributed by atoms with Crippen LogP contribution < -0.4 is 0 Å². The summed E-state index contributed by atoms with van der Waals surface area (Å²) in [6.45, 7) is 0. The van der Waals surface area contributed by atoms with Gasteiger partial charge in [-0.05, 0) is 0 Å². The molecule has 0 unspecified atom stereocenters. The van der Waals surface area contributed by atoms with Crippen LogP contribution in [0.2, 0.25) is 0 Å². The van der Waals surface area contributed by atoms with Crippen LogP contribution in [0.25, 0.3) is 0 Å². The van der Waals surface area contributed by atoms with Crippen molar-refractivity contribution in [3.05, 3.63) is 0 Å². The average Bonchev–Trinajstić information content (AvgIpc) is 1.90. The largest absolute Gasteiger partial charge is 0.272 e. The summed E-state index contributed by atoms with van der Waals surface area (Å²) < 4.78 is 0. The van der Waals surface area contributed by atoms with Crippen molar-refractivity contribution in [3.8, 4) is 12.4 Å². The summed E-state index contributed by atoms with van der Waals surface area (Å²) in [5, 5.41) is 16.1. The monoisotopic (exact) mass is 187 g/mol. The van der Waals surface area contributed by atoms with Gasteiger partial charge in [0.2, 0.25) is 12.4 Å². The zero-order chi connectivity index (χ0) is 7.28. The number of nitriles is 2. The fourth-order valence-corrected chi connectivity index (χ4v) is 0.444. The molecular weight excluding hydrogens is 186 g/mol. The first kappa shape index (κ1) is 7.93. The fourth-order valence-electron chi connectivity index (χ4n) is 0.194. The van der Waals surface area contributed by atoms with Crippen molar-refractivity contribution in [2.24, 2.45) is 0 Å². The van der Waals surface area contributed by atoms with Crippen LogP contribution in [-0.2, 0) is 4.79 Å². The topological polar surface area (TPSA) is 67.9 Å². The van der Waals surface area contributed by atoms with E-state index in [4.69, 9.17) is 10.5 Å². The Kier molecular flexibility index (Phi) is 3.41. The summed E-state index contributed by atoms with van der Waals surface area (Å²) in [4.78, 5) is 10.8. The number of amides is 1. The molecule has 0 saturated carbocycles. The molecule has 46 valence electrons. The maximum atomic E-state index is 10.4. The van der Waals surface area contributed by atoms with Crippen LogP contribution in [0.3, 0.4) is 0 Å². The summed E-state index contributed by atoms with van der Waals surface area (Å²) in [5.74, 6) is -0.556. The lowest BCUT2D eigenvalue weighted by molar-refractivity contribution is -0.122. The Morgan fingerprint density at radius 1 is 1.56 bits per heavy atom. The lowest BCUT2D eigenvalue weighted by Gasteiger charge is -1.96. The highest BCUT2D eigenvalue weighted by Crippen LogP contribution is 1.88. The Balaban J connectivity index is 4.05. The number of rotatable bonds is 1. The van der Waals surface area contributed by atoms with Crippen LogP contribution in [-0.4, -0.2) is 16.1 Å². The summed E-state index contributed by atoms with van der Waals surface area (Å²) in [6.07, 6.45) is 2.79. The zero-order valence-electron chi connectivity index (χ0n) is 4.33. The van der Waals surface area contributed by atoms with E-state index < -0.39 is 5.91 Å². The molecule has 0 N–H and O–H groups in total. The second-order valence-corrected chi connectivity index (χ2v) is 1.62. The molecule has 1 amide bonds. The Morgan fingerprint density at radius 3 is 2.11 bits per heavy atom. The molecule has 0 aromatic rings. The van der Waals surface area contributed by atoms with Gasteiger partial charge in [0.25, 0.3) is 5.91 Å². The van der Waals surface area contributed by atoms with Gasteiger partial charge < -0.3 is 0 Å². The predicted octanol–water partition coefficient (Wildman–Crippen LogP) is 0.172. The molecule has 0 spiro atoms. The Bertz CT molecular complexity index is 175. The summed E-state index contributed by atoms with van der Waals surface area (Å²) >= 11 is 2.80. The molecule has 0 rings (SSSR count). The van der Waals surface area contributed by atoms with Gasteiger partial charge in [-0.2, -0.15) is 10.5 Å². The molecule has 0 fully saturated rings. The van der Waals surface area contributed by atoms with Crippen LogP contribution in [0.15, 0.2) is 0 Å². The number of carbonyl (C=O) groups excluding carboxylic acids is 1. The van der Waals surface area contributed by atoms with Crippen molar-refractivity contribution in [1.82, 2.24) is 4.90 Å². The van der Waals surface area contributed by atoms with Gasteiger partial charge in [0.1, 0.15) is 0 Å². The molecule has 0 aromatic carbocycles. The van der Waals surface area contributed by atoms with E-state index in [0.29, 0.717) is 4.90 Å². The zero-order valence-corrected chi connectivity index (χ0v) is 5.92. The lowest BCUT2D eigenvalue weighted by atomic mass is 10.6. The number of hydrogen-bond donors (Lipinski definition) is 0. The van der Waals surface area contributed by atoms with Crippen LogP contribution >= 0.6 is 15.9 Å². The third-order valence-electron chi connectivity index (χ3n) is 0.564. The van der Waals surface area contributed by atoms with Gasteiger partial charge in [-0.3, -0.25) is 4.79 Å². The average molecular weight is 188 g/mol. The van der Waals surface area contributed by atoms with Crippen LogP contribution in [0.4, 0.5) is 0 Å². The maximum absolute atomic E-state index is 10.4. The third-order valence-corrected chi connectivity index (χ3v) is 1.04. The van der Waals surface area contributed by atoms with Crippen molar-refractivity contribution < 1.29 is 4.79 Å². The molecule has 0 aromatic heterocycles. The molecule has 0 aliphatic carbocycles. The van der Waals surface area contributed by atoms with Gasteiger partial charge in [0, 0.05) is 0 Å². The minimum absolute atomic E-state index is 0.00583. The number of hydrogen-bond acceptors (Lipinski definition) is 3. The summed E-state index contributed by atoms with van der Waals surface area (Å²) in [6, 6.07) is 0. The fraction of sp³-hybridized carbons (Fsp3) is 0.250. The van der Waals surface area contributed by atoms with Crippen molar-refractivity contribution in [3.63, 3.8) is 0 Å². The SMILES string of the molecule is N#CN(C#N)C(=O)CBr. The van der Waals surface area contributed by atoms with Crippen molar-refractivity contribution in [1.29, 1.82) is 10.5 Å². The van der Waals surface area contributed by atoms with Gasteiger partial charge in [-0.1, -0.05) is 15.9 Å². The summed E-state index contributed by atoms with van der Waals surface area (Å²) in [5.41, 5.74) is 0. The van der Waals surface area contributed by atoms with E-state index in [9.17, 15) is 4.79 Å². The molecule has 0 aliphatic rings. The van der Waals surface area contributed by atoms with Gasteiger partial charge in [-0.15, -0.1) is 4.90 Å². The van der Waals surface area contributed by atoms with Gasteiger partial charge in [0.15, 0.2) is 0 Å². The Hall–Kier alpha value is -1.07. The number of halogens is 1. The Labute approximate surface area is 60.4 Å². The second kappa shape index (κ2) is 3.88. The van der Waals surface area contributed by atoms with Gasteiger partial charge >= 0.3 is 0 Å². The van der Waals surface area contributed by atoms with Gasteiger partial charge in [0.05, 0.1) is 5.33 Å². The van der Waals surface area contributed by atoms with E-state index in [1.807, 2.05) is 0 Å². The van der Waals surface area contributed by atoms with Crippen molar-refractivity contribution in [2.45, 2.75) is 0 Å². The highest BCUT2D eigenvalue weighted by Gasteiger charge is 2.08. The number of alkyl halides is 1. The third kappa shape index (κ3) is 2.11. The number of carbonyl (C=O) groups is 1. The molecular formula is C4H2BrN3O. The molecule has 0 radical (unpaired) electrons. The van der Waals surface area contributed by atoms with E-state index in [-0.39, 0.29) is 5.33 Å².